The molecular weight excluding hydrogens is 466 g/mol. The SMILES string of the molecule is CCCCCCCCCCCCCCCCCC[N+](C)(C)CCC[Si](OC)(OC)OC.[Cl-].[SiH4]. The lowest BCUT2D eigenvalue weighted by atomic mass is 10.0. The summed E-state index contributed by atoms with van der Waals surface area (Å²) >= 11 is 0. The first-order chi connectivity index (χ1) is 14.9. The van der Waals surface area contributed by atoms with Crippen LogP contribution in [0.2, 0.25) is 6.04 Å². The maximum Gasteiger partial charge on any atom is 0.500 e. The highest BCUT2D eigenvalue weighted by Gasteiger charge is 2.37. The molecule has 0 aliphatic heterocycles. The second kappa shape index (κ2) is 25.7. The van der Waals surface area contributed by atoms with E-state index in [1.807, 2.05) is 0 Å². The van der Waals surface area contributed by atoms with Gasteiger partial charge in [-0.15, -0.1) is 0 Å². The summed E-state index contributed by atoms with van der Waals surface area (Å²) in [5, 5.41) is 0. The van der Waals surface area contributed by atoms with Gasteiger partial charge in [0.05, 0.1) is 27.2 Å². The van der Waals surface area contributed by atoms with Gasteiger partial charge in [-0.3, -0.25) is 0 Å². The average Bonchev–Trinajstić information content (AvgIpc) is 2.76. The maximum absolute atomic E-state index is 5.53. The van der Waals surface area contributed by atoms with Crippen molar-refractivity contribution in [3.05, 3.63) is 0 Å². The first-order valence-electron chi connectivity index (χ1n) is 13.4. The van der Waals surface area contributed by atoms with E-state index in [4.69, 9.17) is 13.3 Å². The van der Waals surface area contributed by atoms with Crippen LogP contribution < -0.4 is 12.4 Å². The van der Waals surface area contributed by atoms with E-state index in [1.54, 1.807) is 21.3 Å². The van der Waals surface area contributed by atoms with Crippen molar-refractivity contribution in [2.45, 2.75) is 122 Å². The molecular formula is C26H62ClNO3Si2. The zero-order valence-corrected chi connectivity index (χ0v) is 24.4. The predicted molar refractivity (Wildman–Crippen MR) is 149 cm³/mol. The van der Waals surface area contributed by atoms with E-state index in [0.29, 0.717) is 0 Å². The van der Waals surface area contributed by atoms with Crippen LogP contribution in [0, 0.1) is 0 Å². The minimum Gasteiger partial charge on any atom is -1.00 e. The van der Waals surface area contributed by atoms with Crippen molar-refractivity contribution in [2.24, 2.45) is 0 Å². The van der Waals surface area contributed by atoms with Crippen molar-refractivity contribution >= 4 is 19.8 Å². The van der Waals surface area contributed by atoms with Gasteiger partial charge < -0.3 is 30.2 Å². The van der Waals surface area contributed by atoms with Crippen LogP contribution in [0.4, 0.5) is 0 Å². The highest BCUT2D eigenvalue weighted by atomic mass is 35.5. The topological polar surface area (TPSA) is 27.7 Å². The normalized spacial score (nSPS) is 11.8. The molecule has 0 N–H and O–H groups in total. The van der Waals surface area contributed by atoms with Crippen LogP contribution in [0.25, 0.3) is 0 Å². The molecule has 0 rings (SSSR count). The van der Waals surface area contributed by atoms with Crippen LogP contribution in [0.3, 0.4) is 0 Å². The van der Waals surface area contributed by atoms with Crippen LogP contribution in [-0.2, 0) is 13.3 Å². The molecule has 0 radical (unpaired) electrons. The molecule has 33 heavy (non-hydrogen) atoms. The van der Waals surface area contributed by atoms with Crippen molar-refractivity contribution in [2.75, 3.05) is 48.5 Å². The van der Waals surface area contributed by atoms with Gasteiger partial charge >= 0.3 is 8.80 Å². The smallest absolute Gasteiger partial charge is 0.500 e. The highest BCUT2D eigenvalue weighted by Crippen LogP contribution is 2.17. The van der Waals surface area contributed by atoms with Crippen molar-refractivity contribution in [1.82, 2.24) is 0 Å². The number of unbranched alkanes of at least 4 members (excludes halogenated alkanes) is 15. The molecule has 0 aromatic rings. The van der Waals surface area contributed by atoms with Crippen LogP contribution in [-0.4, -0.2) is 72.8 Å². The van der Waals surface area contributed by atoms with Gasteiger partial charge in [-0.25, -0.2) is 0 Å². The summed E-state index contributed by atoms with van der Waals surface area (Å²) < 4.78 is 17.7. The maximum atomic E-state index is 5.53. The van der Waals surface area contributed by atoms with Gasteiger partial charge in [0.25, 0.3) is 0 Å². The molecule has 7 heteroatoms. The Labute approximate surface area is 220 Å². The molecule has 0 aromatic carbocycles. The van der Waals surface area contributed by atoms with E-state index in [-0.39, 0.29) is 23.4 Å². The Hall–Kier alpha value is 0.564. The third-order valence-electron chi connectivity index (χ3n) is 6.80. The third-order valence-corrected chi connectivity index (χ3v) is 9.63. The van der Waals surface area contributed by atoms with E-state index in [9.17, 15) is 0 Å². The van der Waals surface area contributed by atoms with E-state index < -0.39 is 8.80 Å². The number of rotatable bonds is 24. The number of nitrogens with zero attached hydrogens (tertiary/aromatic N) is 1. The van der Waals surface area contributed by atoms with E-state index in [0.717, 1.165) is 23.5 Å². The Balaban J connectivity index is -0.00000450. The Morgan fingerprint density at radius 1 is 0.515 bits per heavy atom. The van der Waals surface area contributed by atoms with Gasteiger partial charge in [-0.1, -0.05) is 96.8 Å². The molecule has 0 amide bonds. The Morgan fingerprint density at radius 3 is 1.15 bits per heavy atom. The molecule has 0 saturated heterocycles. The largest absolute Gasteiger partial charge is 1.00 e. The van der Waals surface area contributed by atoms with Crippen molar-refractivity contribution < 1.29 is 30.2 Å². The molecule has 0 aliphatic rings. The van der Waals surface area contributed by atoms with Crippen LogP contribution in [0.5, 0.6) is 0 Å². The lowest BCUT2D eigenvalue weighted by molar-refractivity contribution is -0.890. The predicted octanol–water partition coefficient (Wildman–Crippen LogP) is 3.14. The van der Waals surface area contributed by atoms with Crippen molar-refractivity contribution in [3.8, 4) is 0 Å². The lowest BCUT2D eigenvalue weighted by Crippen LogP contribution is -3.00. The van der Waals surface area contributed by atoms with Gasteiger partial charge in [0.1, 0.15) is 0 Å². The third kappa shape index (κ3) is 22.8. The summed E-state index contributed by atoms with van der Waals surface area (Å²) in [6, 6.07) is 0.900. The molecule has 0 aliphatic carbocycles. The molecule has 0 spiro atoms. The monoisotopic (exact) mass is 527 g/mol. The quantitative estimate of drug-likeness (QED) is 0.110. The summed E-state index contributed by atoms with van der Waals surface area (Å²) in [4.78, 5) is 0. The molecule has 204 valence electrons. The first-order valence-corrected chi connectivity index (χ1v) is 15.4. The molecule has 4 nitrogen and oxygen atoms in total. The molecule has 0 fully saturated rings. The summed E-state index contributed by atoms with van der Waals surface area (Å²) in [5.41, 5.74) is 0. The molecule has 0 bridgehead atoms. The van der Waals surface area contributed by atoms with Gasteiger partial charge in [0.2, 0.25) is 0 Å². The second-order valence-electron chi connectivity index (χ2n) is 10.1. The van der Waals surface area contributed by atoms with E-state index >= 15 is 0 Å². The fraction of sp³-hybridized carbons (Fsp3) is 1.00. The Kier molecular flexibility index (Phi) is 29.6. The molecule has 0 atom stereocenters. The van der Waals surface area contributed by atoms with E-state index in [2.05, 4.69) is 21.0 Å². The lowest BCUT2D eigenvalue weighted by Gasteiger charge is -2.31. The molecule has 0 aromatic heterocycles. The summed E-state index contributed by atoms with van der Waals surface area (Å²) in [5.74, 6) is 0. The van der Waals surface area contributed by atoms with Crippen LogP contribution in [0.15, 0.2) is 0 Å². The summed E-state index contributed by atoms with van der Waals surface area (Å²) in [7, 11) is 7.40. The molecule has 0 heterocycles. The van der Waals surface area contributed by atoms with Gasteiger partial charge in [0, 0.05) is 33.8 Å². The zero-order valence-electron chi connectivity index (χ0n) is 22.7. The van der Waals surface area contributed by atoms with E-state index in [1.165, 1.54) is 109 Å². The number of hydrogen-bond acceptors (Lipinski definition) is 3. The Morgan fingerprint density at radius 2 is 0.818 bits per heavy atom. The standard InChI is InChI=1S/C26H58NO3Si.ClH.H4Si/c1-7-8-9-10-11-12-13-14-15-16-17-18-19-20-21-22-24-27(2,3)25-23-26-31(28-4,29-5)30-6;;/h7-26H2,1-6H3;1H;1H4/q+1;;/p-1. The molecule has 0 saturated carbocycles. The zero-order chi connectivity index (χ0) is 23.3. The minimum atomic E-state index is -2.40. The van der Waals surface area contributed by atoms with Crippen molar-refractivity contribution in [3.63, 3.8) is 0 Å². The highest BCUT2D eigenvalue weighted by molar-refractivity contribution is 6.60. The number of hydrogen-bond donors (Lipinski definition) is 0. The van der Waals surface area contributed by atoms with Crippen LogP contribution in [0.1, 0.15) is 116 Å². The number of halogens is 1. The fourth-order valence-electron chi connectivity index (χ4n) is 4.48. The number of quaternary nitrogens is 1. The second-order valence-corrected chi connectivity index (χ2v) is 13.2. The first kappa shape index (κ1) is 38.1. The fourth-order valence-corrected chi connectivity index (χ4v) is 6.18. The molecule has 0 unspecified atom stereocenters. The van der Waals surface area contributed by atoms with Gasteiger partial charge in [-0.2, -0.15) is 0 Å². The van der Waals surface area contributed by atoms with Crippen LogP contribution >= 0.6 is 0 Å². The van der Waals surface area contributed by atoms with Gasteiger partial charge in [-0.05, 0) is 23.8 Å². The summed E-state index contributed by atoms with van der Waals surface area (Å²) in [6.07, 6.45) is 24.0. The van der Waals surface area contributed by atoms with Gasteiger partial charge in [0.15, 0.2) is 0 Å². The average molecular weight is 528 g/mol. The summed E-state index contributed by atoms with van der Waals surface area (Å²) in [6.45, 7) is 4.72. The Bertz CT molecular complexity index is 378. The van der Waals surface area contributed by atoms with Crippen molar-refractivity contribution in [1.29, 1.82) is 0 Å². The minimum absolute atomic E-state index is 0.